The van der Waals surface area contributed by atoms with Gasteiger partial charge in [-0.15, -0.1) is 0 Å². The molecule has 0 saturated carbocycles. The Kier molecular flexibility index (Phi) is 4.00. The number of aromatic amines is 1. The van der Waals surface area contributed by atoms with E-state index in [1.54, 1.807) is 13.3 Å². The minimum absolute atomic E-state index is 0.613. The number of nitrogens with one attached hydrogen (secondary N) is 1. The van der Waals surface area contributed by atoms with Gasteiger partial charge < -0.3 is 4.74 Å². The van der Waals surface area contributed by atoms with Crippen LogP contribution in [0.3, 0.4) is 0 Å². The number of hydrogen-bond acceptors (Lipinski definition) is 4. The van der Waals surface area contributed by atoms with Crippen LogP contribution in [0.2, 0.25) is 0 Å². The molecule has 17 heavy (non-hydrogen) atoms. The highest BCUT2D eigenvalue weighted by atomic mass is 32.1. The Bertz CT molecular complexity index is 520. The molecule has 0 amide bonds. The summed E-state index contributed by atoms with van der Waals surface area (Å²) in [7, 11) is 1.69. The van der Waals surface area contributed by atoms with Crippen LogP contribution in [0.1, 0.15) is 6.42 Å². The molecule has 0 aliphatic rings. The second-order valence-electron chi connectivity index (χ2n) is 3.57. The Labute approximate surface area is 104 Å². The van der Waals surface area contributed by atoms with Crippen LogP contribution in [0.4, 0.5) is 0 Å². The van der Waals surface area contributed by atoms with Crippen LogP contribution in [0.15, 0.2) is 24.4 Å². The van der Waals surface area contributed by atoms with Crippen LogP contribution in [-0.2, 0) is 11.3 Å². The summed E-state index contributed by atoms with van der Waals surface area (Å²) in [5, 5.41) is 7.00. The molecular formula is C11H14N4OS. The van der Waals surface area contributed by atoms with E-state index in [2.05, 4.69) is 15.2 Å². The number of aromatic nitrogens is 4. The molecule has 1 N–H and O–H groups in total. The molecular weight excluding hydrogens is 236 g/mol. The van der Waals surface area contributed by atoms with E-state index >= 15 is 0 Å². The molecule has 0 aliphatic heterocycles. The maximum Gasteiger partial charge on any atom is 0.195 e. The van der Waals surface area contributed by atoms with Crippen molar-refractivity contribution in [2.24, 2.45) is 0 Å². The number of methoxy groups -OCH3 is 1. The molecule has 0 aromatic carbocycles. The topological polar surface area (TPSA) is 55.7 Å². The maximum absolute atomic E-state index is 5.20. The molecule has 0 unspecified atom stereocenters. The quantitative estimate of drug-likeness (QED) is 0.651. The van der Waals surface area contributed by atoms with Crippen molar-refractivity contribution in [3.05, 3.63) is 29.2 Å². The van der Waals surface area contributed by atoms with Crippen LogP contribution < -0.4 is 0 Å². The Morgan fingerprint density at radius 1 is 1.47 bits per heavy atom. The van der Waals surface area contributed by atoms with Crippen LogP contribution in [0.5, 0.6) is 0 Å². The second kappa shape index (κ2) is 5.70. The van der Waals surface area contributed by atoms with Crippen molar-refractivity contribution in [3.63, 3.8) is 0 Å². The average Bonchev–Trinajstić information content (AvgIpc) is 2.73. The first-order chi connectivity index (χ1) is 8.33. The van der Waals surface area contributed by atoms with E-state index in [9.17, 15) is 0 Å². The summed E-state index contributed by atoms with van der Waals surface area (Å²) >= 11 is 5.20. The van der Waals surface area contributed by atoms with Crippen LogP contribution >= 0.6 is 12.2 Å². The fourth-order valence-electron chi connectivity index (χ4n) is 1.58. The van der Waals surface area contributed by atoms with Gasteiger partial charge in [-0.2, -0.15) is 5.10 Å². The Balaban J connectivity index is 2.26. The number of hydrogen-bond donors (Lipinski definition) is 1. The minimum atomic E-state index is 0.613. The van der Waals surface area contributed by atoms with Gasteiger partial charge >= 0.3 is 0 Å². The van der Waals surface area contributed by atoms with Crippen LogP contribution in [-0.4, -0.2) is 33.5 Å². The summed E-state index contributed by atoms with van der Waals surface area (Å²) in [5.74, 6) is 0.770. The van der Waals surface area contributed by atoms with Crippen molar-refractivity contribution in [2.45, 2.75) is 13.0 Å². The van der Waals surface area contributed by atoms with Crippen LogP contribution in [0, 0.1) is 4.77 Å². The summed E-state index contributed by atoms with van der Waals surface area (Å²) in [6.45, 7) is 1.48. The highest BCUT2D eigenvalue weighted by Gasteiger charge is 2.08. The smallest absolute Gasteiger partial charge is 0.195 e. The molecule has 2 aromatic rings. The van der Waals surface area contributed by atoms with Gasteiger partial charge in [-0.05, 0) is 30.8 Å². The summed E-state index contributed by atoms with van der Waals surface area (Å²) in [6, 6.07) is 5.72. The number of ether oxygens (including phenoxy) is 1. The van der Waals surface area contributed by atoms with E-state index in [4.69, 9.17) is 17.0 Å². The van der Waals surface area contributed by atoms with Gasteiger partial charge in [0.25, 0.3) is 0 Å². The largest absolute Gasteiger partial charge is 0.385 e. The van der Waals surface area contributed by atoms with Crippen molar-refractivity contribution in [1.29, 1.82) is 0 Å². The van der Waals surface area contributed by atoms with Gasteiger partial charge in [-0.3, -0.25) is 14.6 Å². The monoisotopic (exact) mass is 250 g/mol. The van der Waals surface area contributed by atoms with Gasteiger partial charge in [-0.25, -0.2) is 0 Å². The second-order valence-corrected chi connectivity index (χ2v) is 3.95. The molecule has 0 bridgehead atoms. The van der Waals surface area contributed by atoms with Crippen molar-refractivity contribution in [2.75, 3.05) is 13.7 Å². The standard InChI is InChI=1S/C11H14N4OS/c1-16-8-4-7-15-10(13-14-11(15)17)9-5-2-3-6-12-9/h2-3,5-6H,4,7-8H2,1H3,(H,14,17). The maximum atomic E-state index is 5.20. The fraction of sp³-hybridized carbons (Fsp3) is 0.364. The first-order valence-corrected chi connectivity index (χ1v) is 5.79. The number of rotatable bonds is 5. The lowest BCUT2D eigenvalue weighted by Gasteiger charge is -2.05. The van der Waals surface area contributed by atoms with E-state index in [1.165, 1.54) is 0 Å². The SMILES string of the molecule is COCCCn1c(-c2ccccn2)n[nH]c1=S. The summed E-state index contributed by atoms with van der Waals surface area (Å²) in [5.41, 5.74) is 0.817. The van der Waals surface area contributed by atoms with Crippen molar-refractivity contribution < 1.29 is 4.74 Å². The number of nitrogens with zero attached hydrogens (tertiary/aromatic N) is 3. The Morgan fingerprint density at radius 3 is 3.06 bits per heavy atom. The van der Waals surface area contributed by atoms with E-state index in [-0.39, 0.29) is 0 Å². The molecule has 90 valence electrons. The molecule has 0 atom stereocenters. The normalized spacial score (nSPS) is 10.6. The average molecular weight is 250 g/mol. The lowest BCUT2D eigenvalue weighted by molar-refractivity contribution is 0.190. The third kappa shape index (κ3) is 2.78. The molecule has 0 saturated heterocycles. The van der Waals surface area contributed by atoms with Gasteiger partial charge in [0.1, 0.15) is 5.69 Å². The van der Waals surface area contributed by atoms with Crippen molar-refractivity contribution in [1.82, 2.24) is 19.7 Å². The van der Waals surface area contributed by atoms with Crippen molar-refractivity contribution >= 4 is 12.2 Å². The zero-order chi connectivity index (χ0) is 12.1. The Hall–Kier alpha value is -1.53. The molecule has 2 heterocycles. The predicted octanol–water partition coefficient (Wildman–Crippen LogP) is 2.04. The highest BCUT2D eigenvalue weighted by Crippen LogP contribution is 2.14. The first kappa shape index (κ1) is 11.9. The lowest BCUT2D eigenvalue weighted by Crippen LogP contribution is -2.04. The summed E-state index contributed by atoms with van der Waals surface area (Å²) in [4.78, 5) is 4.27. The first-order valence-electron chi connectivity index (χ1n) is 5.38. The van der Waals surface area contributed by atoms with Gasteiger partial charge in [-0.1, -0.05) is 6.07 Å². The molecule has 6 heteroatoms. The highest BCUT2D eigenvalue weighted by molar-refractivity contribution is 7.71. The summed E-state index contributed by atoms with van der Waals surface area (Å²) < 4.78 is 7.59. The minimum Gasteiger partial charge on any atom is -0.385 e. The molecule has 5 nitrogen and oxygen atoms in total. The van der Waals surface area contributed by atoms with Gasteiger partial charge in [0.2, 0.25) is 0 Å². The Morgan fingerprint density at radius 2 is 2.35 bits per heavy atom. The molecule has 0 aliphatic carbocycles. The molecule has 0 spiro atoms. The van der Waals surface area contributed by atoms with Crippen molar-refractivity contribution in [3.8, 4) is 11.5 Å². The fourth-order valence-corrected chi connectivity index (χ4v) is 1.81. The van der Waals surface area contributed by atoms with Gasteiger partial charge in [0.15, 0.2) is 10.6 Å². The zero-order valence-electron chi connectivity index (χ0n) is 9.59. The molecule has 2 rings (SSSR count). The molecule has 0 radical (unpaired) electrons. The van der Waals surface area contributed by atoms with E-state index < -0.39 is 0 Å². The van der Waals surface area contributed by atoms with Crippen LogP contribution in [0.25, 0.3) is 11.5 Å². The van der Waals surface area contributed by atoms with Gasteiger partial charge in [0.05, 0.1) is 0 Å². The number of H-pyrrole nitrogens is 1. The third-order valence-corrected chi connectivity index (χ3v) is 2.69. The summed E-state index contributed by atoms with van der Waals surface area (Å²) in [6.07, 6.45) is 2.64. The molecule has 0 fully saturated rings. The zero-order valence-corrected chi connectivity index (χ0v) is 10.4. The van der Waals surface area contributed by atoms with E-state index in [1.807, 2.05) is 22.8 Å². The third-order valence-electron chi connectivity index (χ3n) is 2.38. The number of pyridine rings is 1. The van der Waals surface area contributed by atoms with Gasteiger partial charge in [0, 0.05) is 26.5 Å². The van der Waals surface area contributed by atoms with E-state index in [0.29, 0.717) is 11.4 Å². The predicted molar refractivity (Wildman–Crippen MR) is 67.1 cm³/mol. The lowest BCUT2D eigenvalue weighted by atomic mass is 10.3. The molecule has 2 aromatic heterocycles. The van der Waals surface area contributed by atoms with E-state index in [0.717, 1.165) is 24.5 Å².